The van der Waals surface area contributed by atoms with Gasteiger partial charge >= 0.3 is 0 Å². The zero-order chi connectivity index (χ0) is 20.6. The summed E-state index contributed by atoms with van der Waals surface area (Å²) in [6.07, 6.45) is 2.41. The quantitative estimate of drug-likeness (QED) is 0.445. The predicted molar refractivity (Wildman–Crippen MR) is 119 cm³/mol. The summed E-state index contributed by atoms with van der Waals surface area (Å²) in [5.74, 6) is 1.08. The summed E-state index contributed by atoms with van der Waals surface area (Å²) in [5.41, 5.74) is 5.15. The highest BCUT2D eigenvalue weighted by Crippen LogP contribution is 2.22. The van der Waals surface area contributed by atoms with Gasteiger partial charge in [0, 0.05) is 46.7 Å². The van der Waals surface area contributed by atoms with E-state index in [0.717, 1.165) is 45.0 Å². The van der Waals surface area contributed by atoms with Gasteiger partial charge < -0.3 is 15.1 Å². The second-order valence-corrected chi connectivity index (χ2v) is 7.62. The normalized spacial score (nSPS) is 13.3. The third-order valence-corrected chi connectivity index (χ3v) is 5.47. The lowest BCUT2D eigenvalue weighted by Crippen LogP contribution is -2.39. The van der Waals surface area contributed by atoms with E-state index in [2.05, 4.69) is 58.5 Å². The van der Waals surface area contributed by atoms with Crippen LogP contribution in [0.25, 0.3) is 0 Å². The summed E-state index contributed by atoms with van der Waals surface area (Å²) in [7, 11) is 3.83. The van der Waals surface area contributed by atoms with Gasteiger partial charge in [0.25, 0.3) is 0 Å². The van der Waals surface area contributed by atoms with Gasteiger partial charge in [0.15, 0.2) is 5.96 Å². The summed E-state index contributed by atoms with van der Waals surface area (Å²) >= 11 is 0. The number of rotatable bonds is 7. The van der Waals surface area contributed by atoms with E-state index in [1.54, 1.807) is 7.05 Å². The van der Waals surface area contributed by atoms with Crippen LogP contribution in [0.3, 0.4) is 0 Å². The Balaban J connectivity index is 1.40. The van der Waals surface area contributed by atoms with Gasteiger partial charge in [-0.3, -0.25) is 9.79 Å². The van der Waals surface area contributed by atoms with Crippen molar-refractivity contribution in [2.45, 2.75) is 45.8 Å². The van der Waals surface area contributed by atoms with Gasteiger partial charge in [-0.15, -0.1) is 0 Å². The van der Waals surface area contributed by atoms with E-state index < -0.39 is 0 Å². The molecular weight excluding hydrogens is 360 g/mol. The number of guanidine groups is 1. The number of amides is 1. The number of carbonyl (C=O) groups is 1. The molecule has 1 amide bonds. The molecule has 0 saturated carbocycles. The van der Waals surface area contributed by atoms with Crippen LogP contribution in [0.15, 0.2) is 53.5 Å². The molecule has 0 bridgehead atoms. The lowest BCUT2D eigenvalue weighted by atomic mass is 10.1. The molecule has 0 unspecified atom stereocenters. The topological polar surface area (TPSA) is 47.9 Å². The van der Waals surface area contributed by atoms with Crippen molar-refractivity contribution in [3.05, 3.63) is 70.8 Å². The maximum atomic E-state index is 12.5. The van der Waals surface area contributed by atoms with Crippen molar-refractivity contribution < 1.29 is 4.79 Å². The Bertz CT molecular complexity index is 819. The molecule has 0 aliphatic carbocycles. The molecule has 5 nitrogen and oxygen atoms in total. The largest absolute Gasteiger partial charge is 0.356 e. The number of aliphatic imine (C=N–C) groups is 1. The first-order chi connectivity index (χ1) is 14.1. The van der Waals surface area contributed by atoms with Crippen LogP contribution in [0.1, 0.15) is 42.0 Å². The molecular formula is C24H32N4O. The minimum atomic E-state index is 0.224. The van der Waals surface area contributed by atoms with Crippen molar-refractivity contribution in [3.8, 4) is 0 Å². The minimum absolute atomic E-state index is 0.224. The Morgan fingerprint density at radius 2 is 1.69 bits per heavy atom. The zero-order valence-corrected chi connectivity index (χ0v) is 17.8. The molecule has 0 radical (unpaired) electrons. The maximum Gasteiger partial charge on any atom is 0.223 e. The van der Waals surface area contributed by atoms with E-state index in [-0.39, 0.29) is 5.91 Å². The predicted octanol–water partition coefficient (Wildman–Crippen LogP) is 3.58. The molecule has 5 heteroatoms. The van der Waals surface area contributed by atoms with Crippen LogP contribution in [0.5, 0.6) is 0 Å². The van der Waals surface area contributed by atoms with Crippen molar-refractivity contribution in [1.29, 1.82) is 0 Å². The number of aryl methyl sites for hydroxylation is 1. The Morgan fingerprint density at radius 1 is 1.07 bits per heavy atom. The van der Waals surface area contributed by atoms with Gasteiger partial charge in [0.05, 0.1) is 0 Å². The van der Waals surface area contributed by atoms with Gasteiger partial charge in [-0.25, -0.2) is 0 Å². The average Bonchev–Trinajstić information content (AvgIpc) is 3.18. The highest BCUT2D eigenvalue weighted by Gasteiger charge is 2.22. The van der Waals surface area contributed by atoms with Crippen LogP contribution in [0, 0.1) is 0 Å². The van der Waals surface area contributed by atoms with Gasteiger partial charge in [-0.1, -0.05) is 55.5 Å². The molecule has 0 spiro atoms. The Kier molecular flexibility index (Phi) is 7.28. The SMILES string of the molecule is CCc1ccc(CN(C)C(=NC)NCCCC(=O)N2Cc3ccccc3C2)cc1. The lowest BCUT2D eigenvalue weighted by molar-refractivity contribution is -0.131. The smallest absolute Gasteiger partial charge is 0.223 e. The fourth-order valence-corrected chi connectivity index (χ4v) is 3.72. The Hall–Kier alpha value is -2.82. The molecule has 0 aromatic heterocycles. The number of carbonyl (C=O) groups excluding carboxylic acids is 1. The van der Waals surface area contributed by atoms with Crippen molar-refractivity contribution in [3.63, 3.8) is 0 Å². The summed E-state index contributed by atoms with van der Waals surface area (Å²) in [4.78, 5) is 20.9. The van der Waals surface area contributed by atoms with E-state index in [1.807, 2.05) is 24.1 Å². The third-order valence-electron chi connectivity index (χ3n) is 5.47. The van der Waals surface area contributed by atoms with Crippen LogP contribution in [-0.4, -0.2) is 42.3 Å². The molecule has 29 heavy (non-hydrogen) atoms. The van der Waals surface area contributed by atoms with Crippen LogP contribution in [-0.2, 0) is 30.8 Å². The number of nitrogens with one attached hydrogen (secondary N) is 1. The summed E-state index contributed by atoms with van der Waals surface area (Å²) in [6.45, 7) is 5.18. The molecule has 1 heterocycles. The molecule has 2 aromatic rings. The van der Waals surface area contributed by atoms with E-state index in [0.29, 0.717) is 6.42 Å². The summed E-state index contributed by atoms with van der Waals surface area (Å²) < 4.78 is 0. The number of benzene rings is 2. The fraction of sp³-hybridized carbons (Fsp3) is 0.417. The first-order valence-electron chi connectivity index (χ1n) is 10.4. The number of nitrogens with zero attached hydrogens (tertiary/aromatic N) is 3. The molecule has 0 fully saturated rings. The Morgan fingerprint density at radius 3 is 2.28 bits per heavy atom. The number of hydrogen-bond donors (Lipinski definition) is 1. The molecule has 1 aliphatic heterocycles. The Labute approximate surface area is 174 Å². The van der Waals surface area contributed by atoms with Crippen LogP contribution in [0.2, 0.25) is 0 Å². The maximum absolute atomic E-state index is 12.5. The zero-order valence-electron chi connectivity index (χ0n) is 17.8. The van der Waals surface area contributed by atoms with Crippen molar-refractivity contribution in [1.82, 2.24) is 15.1 Å². The summed E-state index contributed by atoms with van der Waals surface area (Å²) in [5, 5.41) is 3.38. The van der Waals surface area contributed by atoms with E-state index in [1.165, 1.54) is 22.3 Å². The molecule has 3 rings (SSSR count). The standard InChI is InChI=1S/C24H32N4O/c1-4-19-11-13-20(14-12-19)16-27(3)24(25-2)26-15-7-10-23(29)28-17-21-8-5-6-9-22(21)18-28/h5-6,8-9,11-14H,4,7,10,15-18H2,1-3H3,(H,25,26). The van der Waals surface area contributed by atoms with Gasteiger partial charge in [0.2, 0.25) is 5.91 Å². The van der Waals surface area contributed by atoms with E-state index in [9.17, 15) is 4.79 Å². The highest BCUT2D eigenvalue weighted by atomic mass is 16.2. The lowest BCUT2D eigenvalue weighted by Gasteiger charge is -2.22. The molecule has 1 aliphatic rings. The van der Waals surface area contributed by atoms with Gasteiger partial charge in [-0.05, 0) is 35.1 Å². The summed E-state index contributed by atoms with van der Waals surface area (Å²) in [6, 6.07) is 17.0. The van der Waals surface area contributed by atoms with Crippen molar-refractivity contribution in [2.24, 2.45) is 4.99 Å². The van der Waals surface area contributed by atoms with Crippen molar-refractivity contribution in [2.75, 3.05) is 20.6 Å². The second kappa shape index (κ2) is 10.1. The van der Waals surface area contributed by atoms with Crippen LogP contribution < -0.4 is 5.32 Å². The van der Waals surface area contributed by atoms with Crippen molar-refractivity contribution >= 4 is 11.9 Å². The molecule has 0 atom stereocenters. The van der Waals surface area contributed by atoms with Crippen LogP contribution >= 0.6 is 0 Å². The number of hydrogen-bond acceptors (Lipinski definition) is 2. The number of fused-ring (bicyclic) bond motifs is 1. The van der Waals surface area contributed by atoms with Gasteiger partial charge in [-0.2, -0.15) is 0 Å². The van der Waals surface area contributed by atoms with E-state index in [4.69, 9.17) is 0 Å². The van der Waals surface area contributed by atoms with E-state index >= 15 is 0 Å². The minimum Gasteiger partial charge on any atom is -0.356 e. The average molecular weight is 393 g/mol. The first kappa shape index (κ1) is 20.9. The van der Waals surface area contributed by atoms with Crippen LogP contribution in [0.4, 0.5) is 0 Å². The molecule has 2 aromatic carbocycles. The second-order valence-electron chi connectivity index (χ2n) is 7.62. The molecule has 0 saturated heterocycles. The van der Waals surface area contributed by atoms with Gasteiger partial charge in [0.1, 0.15) is 0 Å². The fourth-order valence-electron chi connectivity index (χ4n) is 3.72. The third kappa shape index (κ3) is 5.59. The molecule has 1 N–H and O–H groups in total. The highest BCUT2D eigenvalue weighted by molar-refractivity contribution is 5.80. The first-order valence-corrected chi connectivity index (χ1v) is 10.4. The monoisotopic (exact) mass is 392 g/mol. The molecule has 154 valence electrons.